The van der Waals surface area contributed by atoms with Crippen LogP contribution in [0.2, 0.25) is 0 Å². The second kappa shape index (κ2) is 66.8. The van der Waals surface area contributed by atoms with Crippen LogP contribution in [0.1, 0.15) is 329 Å². The van der Waals surface area contributed by atoms with Gasteiger partial charge in [-0.25, -0.2) is 0 Å². The van der Waals surface area contributed by atoms with Crippen LogP contribution in [-0.4, -0.2) is 37.2 Å². The fourth-order valence-electron chi connectivity index (χ4n) is 9.54. The highest BCUT2D eigenvalue weighted by Gasteiger charge is 2.19. The summed E-state index contributed by atoms with van der Waals surface area (Å²) in [6, 6.07) is 0. The highest BCUT2D eigenvalue weighted by Crippen LogP contribution is 2.17. The third-order valence-electron chi connectivity index (χ3n) is 14.6. The lowest BCUT2D eigenvalue weighted by atomic mass is 10.0. The van der Waals surface area contributed by atoms with Crippen LogP contribution in [0.25, 0.3) is 0 Å². The van der Waals surface area contributed by atoms with Gasteiger partial charge in [0.25, 0.3) is 0 Å². The Labute approximate surface area is 489 Å². The molecule has 0 amide bonds. The van der Waals surface area contributed by atoms with Gasteiger partial charge < -0.3 is 14.2 Å². The van der Waals surface area contributed by atoms with Crippen LogP contribution in [0.5, 0.6) is 0 Å². The van der Waals surface area contributed by atoms with E-state index in [0.717, 1.165) is 116 Å². The van der Waals surface area contributed by atoms with Gasteiger partial charge in [-0.3, -0.25) is 14.4 Å². The van der Waals surface area contributed by atoms with Crippen LogP contribution >= 0.6 is 0 Å². The number of carbonyl (C=O) groups is 3. The van der Waals surface area contributed by atoms with E-state index in [-0.39, 0.29) is 31.1 Å². The van der Waals surface area contributed by atoms with E-state index in [4.69, 9.17) is 14.2 Å². The largest absolute Gasteiger partial charge is 0.462 e. The number of hydrogen-bond donors (Lipinski definition) is 0. The van der Waals surface area contributed by atoms with Crippen molar-refractivity contribution in [1.82, 2.24) is 0 Å². The summed E-state index contributed by atoms with van der Waals surface area (Å²) in [6.45, 7) is 6.45. The summed E-state index contributed by atoms with van der Waals surface area (Å²) in [5.41, 5.74) is 0. The molecule has 0 aliphatic rings. The molecule has 0 radical (unpaired) electrons. The Morgan fingerprint density at radius 1 is 0.266 bits per heavy atom. The van der Waals surface area contributed by atoms with Crippen LogP contribution < -0.4 is 0 Å². The molecule has 1 atom stereocenters. The number of esters is 3. The molecule has 79 heavy (non-hydrogen) atoms. The van der Waals surface area contributed by atoms with Crippen molar-refractivity contribution in [2.45, 2.75) is 335 Å². The Hall–Kier alpha value is -3.67. The number of hydrogen-bond acceptors (Lipinski definition) is 6. The zero-order chi connectivity index (χ0) is 57.1. The maximum atomic E-state index is 12.8. The molecule has 0 fully saturated rings. The second-order valence-corrected chi connectivity index (χ2v) is 22.4. The van der Waals surface area contributed by atoms with E-state index >= 15 is 0 Å². The zero-order valence-corrected chi connectivity index (χ0v) is 52.1. The number of rotatable bonds is 61. The topological polar surface area (TPSA) is 78.9 Å². The van der Waals surface area contributed by atoms with Gasteiger partial charge in [0.2, 0.25) is 0 Å². The summed E-state index contributed by atoms with van der Waals surface area (Å²) < 4.78 is 16.8. The van der Waals surface area contributed by atoms with Gasteiger partial charge >= 0.3 is 17.9 Å². The molecule has 0 rings (SSSR count). The van der Waals surface area contributed by atoms with Crippen LogP contribution in [0.4, 0.5) is 0 Å². The van der Waals surface area contributed by atoms with E-state index in [1.807, 2.05) is 0 Å². The first-order valence-electron chi connectivity index (χ1n) is 33.7. The Morgan fingerprint density at radius 2 is 0.494 bits per heavy atom. The highest BCUT2D eigenvalue weighted by molar-refractivity contribution is 5.71. The summed E-state index contributed by atoms with van der Waals surface area (Å²) in [5, 5.41) is 0. The Bertz CT molecular complexity index is 1540. The normalized spacial score (nSPS) is 12.7. The van der Waals surface area contributed by atoms with Crippen molar-refractivity contribution in [3.8, 4) is 0 Å². The van der Waals surface area contributed by atoms with Crippen molar-refractivity contribution in [2.75, 3.05) is 13.2 Å². The number of unbranched alkanes of at least 4 members (excludes halogenated alkanes) is 34. The molecule has 0 spiro atoms. The molecular formula is C73H126O6. The van der Waals surface area contributed by atoms with Crippen LogP contribution in [-0.2, 0) is 28.6 Å². The third kappa shape index (κ3) is 65.0. The van der Waals surface area contributed by atoms with E-state index in [2.05, 4.69) is 118 Å². The second-order valence-electron chi connectivity index (χ2n) is 22.4. The maximum Gasteiger partial charge on any atom is 0.306 e. The molecule has 0 aromatic heterocycles. The molecule has 0 heterocycles. The molecule has 6 heteroatoms. The van der Waals surface area contributed by atoms with E-state index in [9.17, 15) is 14.4 Å². The molecule has 0 aromatic carbocycles. The molecule has 0 aliphatic heterocycles. The minimum atomic E-state index is -0.778. The first kappa shape index (κ1) is 75.3. The summed E-state index contributed by atoms with van der Waals surface area (Å²) in [5.74, 6) is -0.888. The Kier molecular flexibility index (Phi) is 63.7. The van der Waals surface area contributed by atoms with Gasteiger partial charge in [0.1, 0.15) is 13.2 Å². The SMILES string of the molecule is CC/C=C\C/C=C\C/C=C\C/C=C\C/C=C\CCCCCCCCCCCC(=O)OC(COC(=O)CCCCCCC)COC(=O)CCCCCCCCCCCCCCCCCC/C=C\C/C=C\C/C=C\CCCCCCC. The number of ether oxygens (including phenoxy) is 3. The quantitative estimate of drug-likeness (QED) is 0.0261. The van der Waals surface area contributed by atoms with Gasteiger partial charge in [-0.15, -0.1) is 0 Å². The molecule has 454 valence electrons. The van der Waals surface area contributed by atoms with Gasteiger partial charge in [-0.05, 0) is 103 Å². The van der Waals surface area contributed by atoms with Gasteiger partial charge in [0, 0.05) is 19.3 Å². The van der Waals surface area contributed by atoms with Crippen molar-refractivity contribution in [3.05, 3.63) is 97.2 Å². The first-order valence-corrected chi connectivity index (χ1v) is 33.7. The summed E-state index contributed by atoms with van der Waals surface area (Å²) in [7, 11) is 0. The maximum absolute atomic E-state index is 12.8. The molecule has 0 saturated heterocycles. The number of carbonyl (C=O) groups excluding carboxylic acids is 3. The fraction of sp³-hybridized carbons (Fsp3) is 0.740. The average Bonchev–Trinajstić information content (AvgIpc) is 3.45. The third-order valence-corrected chi connectivity index (χ3v) is 14.6. The summed E-state index contributed by atoms with van der Waals surface area (Å²) in [4.78, 5) is 38.0. The highest BCUT2D eigenvalue weighted by atomic mass is 16.6. The first-order chi connectivity index (χ1) is 39.0. The number of allylic oxidation sites excluding steroid dienone is 16. The van der Waals surface area contributed by atoms with Gasteiger partial charge in [-0.1, -0.05) is 304 Å². The lowest BCUT2D eigenvalue weighted by Gasteiger charge is -2.18. The van der Waals surface area contributed by atoms with Gasteiger partial charge in [-0.2, -0.15) is 0 Å². The van der Waals surface area contributed by atoms with Crippen LogP contribution in [0, 0.1) is 0 Å². The van der Waals surface area contributed by atoms with Crippen molar-refractivity contribution < 1.29 is 28.6 Å². The van der Waals surface area contributed by atoms with E-state index in [1.165, 1.54) is 173 Å². The van der Waals surface area contributed by atoms with Gasteiger partial charge in [0.05, 0.1) is 0 Å². The molecule has 0 aromatic rings. The Balaban J connectivity index is 4.00. The molecule has 0 aliphatic carbocycles. The lowest BCUT2D eigenvalue weighted by molar-refractivity contribution is -0.167. The minimum Gasteiger partial charge on any atom is -0.462 e. The molecule has 1 unspecified atom stereocenters. The Morgan fingerprint density at radius 3 is 0.772 bits per heavy atom. The fourth-order valence-corrected chi connectivity index (χ4v) is 9.54. The standard InChI is InChI=1S/C73H126O6/c1-4-7-10-13-15-17-19-21-23-25-27-29-31-33-34-35-36-37-38-40-41-43-45-47-49-51-53-55-57-60-63-66-72(75)78-69-70(68-77-71(74)65-62-59-12-9-6-3)79-73(76)67-64-61-58-56-54-52-50-48-46-44-42-39-32-30-28-26-24-22-20-18-16-14-11-8-5-2/h8,11,16,18-19,21-22,24-25,27-28,30-31,33,39,42,70H,4-7,9-10,12-15,17,20,23,26,29,32,34-38,40-41,43-69H2,1-3H3/b11-8-,18-16-,21-19-,24-22-,27-25-,30-28-,33-31-,42-39-. The van der Waals surface area contributed by atoms with Gasteiger partial charge in [0.15, 0.2) is 6.10 Å². The molecule has 0 N–H and O–H groups in total. The predicted molar refractivity (Wildman–Crippen MR) is 344 cm³/mol. The predicted octanol–water partition coefficient (Wildman–Crippen LogP) is 23.2. The monoisotopic (exact) mass is 1100 g/mol. The summed E-state index contributed by atoms with van der Waals surface area (Å²) in [6.07, 6.45) is 90.5. The van der Waals surface area contributed by atoms with Crippen molar-refractivity contribution >= 4 is 17.9 Å². The zero-order valence-electron chi connectivity index (χ0n) is 52.1. The molecule has 0 saturated carbocycles. The average molecular weight is 1100 g/mol. The smallest absolute Gasteiger partial charge is 0.306 e. The summed E-state index contributed by atoms with van der Waals surface area (Å²) >= 11 is 0. The van der Waals surface area contributed by atoms with Crippen LogP contribution in [0.15, 0.2) is 97.2 Å². The van der Waals surface area contributed by atoms with E-state index in [1.54, 1.807) is 0 Å². The molecular weight excluding hydrogens is 973 g/mol. The molecule has 0 bridgehead atoms. The van der Waals surface area contributed by atoms with E-state index in [0.29, 0.717) is 19.3 Å². The van der Waals surface area contributed by atoms with Crippen molar-refractivity contribution in [3.63, 3.8) is 0 Å². The minimum absolute atomic E-state index is 0.0779. The van der Waals surface area contributed by atoms with Crippen molar-refractivity contribution in [1.29, 1.82) is 0 Å². The van der Waals surface area contributed by atoms with Crippen LogP contribution in [0.3, 0.4) is 0 Å². The van der Waals surface area contributed by atoms with Crippen molar-refractivity contribution in [2.24, 2.45) is 0 Å². The molecule has 6 nitrogen and oxygen atoms in total. The lowest BCUT2D eigenvalue weighted by Crippen LogP contribution is -2.30. The van der Waals surface area contributed by atoms with E-state index < -0.39 is 6.10 Å².